The predicted octanol–water partition coefficient (Wildman–Crippen LogP) is 15.8. The van der Waals surface area contributed by atoms with E-state index in [4.69, 9.17) is 9.40 Å². The molecule has 4 heterocycles. The van der Waals surface area contributed by atoms with E-state index in [2.05, 4.69) is 222 Å². The molecule has 13 aromatic rings. The molecule has 0 saturated heterocycles. The second kappa shape index (κ2) is 13.0. The zero-order chi connectivity index (χ0) is 43.3. The third-order valence-corrected chi connectivity index (χ3v) is 14.6. The number of rotatable bonds is 4. The number of H-pyrrole nitrogens is 1. The first-order valence-electron chi connectivity index (χ1n) is 22.7. The van der Waals surface area contributed by atoms with Gasteiger partial charge >= 0.3 is 0 Å². The average molecular weight is 843 g/mol. The van der Waals surface area contributed by atoms with Gasteiger partial charge in [0.1, 0.15) is 17.0 Å². The fraction of sp³-hybridized carbons (Fsp3) is 0.0328. The summed E-state index contributed by atoms with van der Waals surface area (Å²) in [6.07, 6.45) is 1.99. The Bertz CT molecular complexity index is 4140. The number of benzene rings is 9. The fourth-order valence-electron chi connectivity index (χ4n) is 12.0. The number of hydrogen-bond donors (Lipinski definition) is 1. The number of anilines is 3. The summed E-state index contributed by atoms with van der Waals surface area (Å²) in [5.74, 6) is 0.842. The molecule has 1 spiro atoms. The first kappa shape index (κ1) is 35.8. The van der Waals surface area contributed by atoms with E-state index in [0.29, 0.717) is 0 Å². The lowest BCUT2D eigenvalue weighted by Gasteiger charge is -2.32. The van der Waals surface area contributed by atoms with Crippen LogP contribution in [0.4, 0.5) is 17.2 Å². The monoisotopic (exact) mass is 842 g/mol. The minimum absolute atomic E-state index is 0.648. The zero-order valence-electron chi connectivity index (χ0n) is 35.9. The fourth-order valence-corrected chi connectivity index (χ4v) is 12.0. The molecule has 308 valence electrons. The number of aromatic amines is 1. The summed E-state index contributed by atoms with van der Waals surface area (Å²) in [6.45, 7) is 2.10. The Morgan fingerprint density at radius 3 is 2.03 bits per heavy atom. The molecule has 0 unspecified atom stereocenters. The van der Waals surface area contributed by atoms with Crippen molar-refractivity contribution in [1.29, 1.82) is 0 Å². The van der Waals surface area contributed by atoms with Crippen LogP contribution in [0.2, 0.25) is 0 Å². The van der Waals surface area contributed by atoms with Crippen molar-refractivity contribution in [3.63, 3.8) is 0 Å². The molecule has 2 aliphatic carbocycles. The van der Waals surface area contributed by atoms with Crippen LogP contribution in [0.5, 0.6) is 0 Å². The smallest absolute Gasteiger partial charge is 0.143 e. The highest BCUT2D eigenvalue weighted by atomic mass is 16.3. The molecule has 0 saturated carbocycles. The number of hydrogen-bond acceptors (Lipinski definition) is 3. The van der Waals surface area contributed by atoms with Gasteiger partial charge in [-0.2, -0.15) is 0 Å². The Balaban J connectivity index is 1.12. The van der Waals surface area contributed by atoms with Crippen molar-refractivity contribution in [2.75, 3.05) is 4.90 Å². The number of para-hydroxylation sites is 4. The van der Waals surface area contributed by atoms with E-state index >= 15 is 0 Å². The number of aryl methyl sites for hydroxylation is 1. The molecule has 5 nitrogen and oxygen atoms in total. The van der Waals surface area contributed by atoms with Gasteiger partial charge in [0.2, 0.25) is 0 Å². The summed E-state index contributed by atoms with van der Waals surface area (Å²) in [7, 11) is 0. The van der Waals surface area contributed by atoms with Crippen LogP contribution in [0.3, 0.4) is 0 Å². The third kappa shape index (κ3) is 4.51. The number of aromatic nitrogens is 3. The highest BCUT2D eigenvalue weighted by Gasteiger charge is 2.53. The van der Waals surface area contributed by atoms with Crippen LogP contribution in [0, 0.1) is 6.92 Å². The van der Waals surface area contributed by atoms with Crippen LogP contribution in [0.15, 0.2) is 211 Å². The Hall–Kier alpha value is -8.67. The van der Waals surface area contributed by atoms with Gasteiger partial charge in [0.25, 0.3) is 0 Å². The Kier molecular flexibility index (Phi) is 7.02. The van der Waals surface area contributed by atoms with Gasteiger partial charge in [-0.1, -0.05) is 140 Å². The van der Waals surface area contributed by atoms with Crippen molar-refractivity contribution in [2.24, 2.45) is 0 Å². The highest BCUT2D eigenvalue weighted by Crippen LogP contribution is 2.66. The van der Waals surface area contributed by atoms with Crippen LogP contribution < -0.4 is 4.90 Å². The van der Waals surface area contributed by atoms with E-state index in [1.165, 1.54) is 55.2 Å². The van der Waals surface area contributed by atoms with Crippen molar-refractivity contribution >= 4 is 82.7 Å². The number of nitrogens with one attached hydrogen (secondary N) is 1. The summed E-state index contributed by atoms with van der Waals surface area (Å²) in [5.41, 5.74) is 19.8. The minimum atomic E-state index is -0.648. The van der Waals surface area contributed by atoms with Crippen molar-refractivity contribution in [1.82, 2.24) is 14.5 Å². The number of fused-ring (bicyclic) bond motifs is 21. The predicted molar refractivity (Wildman–Crippen MR) is 271 cm³/mol. The van der Waals surface area contributed by atoms with Crippen molar-refractivity contribution in [3.05, 3.63) is 234 Å². The van der Waals surface area contributed by atoms with Crippen LogP contribution in [0.1, 0.15) is 27.8 Å². The molecule has 0 radical (unpaired) electrons. The van der Waals surface area contributed by atoms with Gasteiger partial charge < -0.3 is 14.0 Å². The zero-order valence-corrected chi connectivity index (χ0v) is 35.9. The second-order valence-corrected chi connectivity index (χ2v) is 18.0. The van der Waals surface area contributed by atoms with Crippen LogP contribution in [0.25, 0.3) is 93.5 Å². The van der Waals surface area contributed by atoms with Crippen molar-refractivity contribution in [2.45, 2.75) is 12.3 Å². The molecule has 0 bridgehead atoms. The summed E-state index contributed by atoms with van der Waals surface area (Å²) >= 11 is 0. The molecule has 2 aliphatic rings. The van der Waals surface area contributed by atoms with Gasteiger partial charge in [-0.25, -0.2) is 4.98 Å². The molecule has 9 aromatic carbocycles. The molecular weight excluding hydrogens is 805 g/mol. The van der Waals surface area contributed by atoms with E-state index in [1.807, 2.05) is 6.20 Å². The topological polar surface area (TPSA) is 50.0 Å². The van der Waals surface area contributed by atoms with E-state index in [1.54, 1.807) is 0 Å². The lowest BCUT2D eigenvalue weighted by atomic mass is 9.70. The van der Waals surface area contributed by atoms with Crippen molar-refractivity contribution in [3.8, 4) is 27.9 Å². The summed E-state index contributed by atoms with van der Waals surface area (Å²) in [6, 6.07) is 73.2. The first-order valence-corrected chi connectivity index (χ1v) is 22.7. The minimum Gasteiger partial charge on any atom is -0.455 e. The van der Waals surface area contributed by atoms with Gasteiger partial charge in [0, 0.05) is 66.5 Å². The van der Waals surface area contributed by atoms with E-state index in [-0.39, 0.29) is 0 Å². The van der Waals surface area contributed by atoms with Gasteiger partial charge in [-0.05, 0) is 107 Å². The second-order valence-electron chi connectivity index (χ2n) is 18.0. The molecule has 15 rings (SSSR count). The van der Waals surface area contributed by atoms with Crippen molar-refractivity contribution < 1.29 is 4.42 Å². The van der Waals surface area contributed by atoms with Crippen LogP contribution in [-0.4, -0.2) is 14.5 Å². The molecule has 0 amide bonds. The molecule has 66 heavy (non-hydrogen) atoms. The van der Waals surface area contributed by atoms with E-state index in [9.17, 15) is 0 Å². The maximum Gasteiger partial charge on any atom is 0.143 e. The molecule has 5 heteroatoms. The van der Waals surface area contributed by atoms with Gasteiger partial charge in [-0.15, -0.1) is 0 Å². The van der Waals surface area contributed by atoms with E-state index < -0.39 is 5.41 Å². The van der Waals surface area contributed by atoms with Crippen LogP contribution in [-0.2, 0) is 5.41 Å². The van der Waals surface area contributed by atoms with Gasteiger partial charge in [-0.3, -0.25) is 4.90 Å². The normalized spacial score (nSPS) is 13.3. The lowest BCUT2D eigenvalue weighted by molar-refractivity contribution is 0.669. The average Bonchev–Trinajstić information content (AvgIpc) is 4.17. The molecular formula is C61H38N4O. The maximum atomic E-state index is 7.06. The standard InChI is InChI=1S/C61H38N4O/c1-36-27-32-55(62-35-36)65(38-28-31-52-45(33-38)41-19-8-13-25-51(41)64(52)37-15-3-2-4-16-37)53-34-49-57(59-56(53)44-21-7-12-24-50(44)63-59)58-48(30-29-43-42-20-9-14-26-54(42)66-60(43)58)61(49)46-22-10-5-17-39(46)40-18-6-11-23-47(40)61/h2-35,63H,1H3. The van der Waals surface area contributed by atoms with E-state index in [0.717, 1.165) is 83.3 Å². The molecule has 1 N–H and O–H groups in total. The number of nitrogens with zero attached hydrogens (tertiary/aromatic N) is 3. The molecule has 0 atom stereocenters. The Morgan fingerprint density at radius 1 is 0.530 bits per heavy atom. The maximum absolute atomic E-state index is 7.06. The van der Waals surface area contributed by atoms with Gasteiger partial charge in [0.05, 0.1) is 27.7 Å². The largest absolute Gasteiger partial charge is 0.455 e. The number of furan rings is 1. The molecule has 4 aromatic heterocycles. The summed E-state index contributed by atoms with van der Waals surface area (Å²) in [5, 5.41) is 6.90. The first-order chi connectivity index (χ1) is 32.7. The summed E-state index contributed by atoms with van der Waals surface area (Å²) in [4.78, 5) is 11.7. The summed E-state index contributed by atoms with van der Waals surface area (Å²) < 4.78 is 9.43. The lowest BCUT2D eigenvalue weighted by Crippen LogP contribution is -2.26. The quantitative estimate of drug-likeness (QED) is 0.192. The third-order valence-electron chi connectivity index (χ3n) is 14.6. The Labute approximate surface area is 379 Å². The van der Waals surface area contributed by atoms with Crippen LogP contribution >= 0.6 is 0 Å². The number of pyridine rings is 1. The molecule has 0 fully saturated rings. The SMILES string of the molecule is Cc1ccc(N(c2ccc3c(c2)c2ccccc2n3-c2ccccc2)c2cc3c(c4[nH]c5ccccc5c24)-c2c(ccc4c2oc2ccccc24)C32c3ccccc3-c3ccccc32)nc1. The van der Waals surface area contributed by atoms with Gasteiger partial charge in [0.15, 0.2) is 0 Å². The molecule has 0 aliphatic heterocycles. The Morgan fingerprint density at radius 2 is 1.23 bits per heavy atom. The highest BCUT2D eigenvalue weighted by molar-refractivity contribution is 6.24.